The van der Waals surface area contributed by atoms with Gasteiger partial charge >= 0.3 is 0 Å². The van der Waals surface area contributed by atoms with Crippen molar-refractivity contribution in [3.63, 3.8) is 0 Å². The molecule has 7 heteroatoms. The van der Waals surface area contributed by atoms with Crippen LogP contribution in [-0.2, 0) is 11.3 Å². The van der Waals surface area contributed by atoms with Crippen LogP contribution in [0.2, 0.25) is 0 Å². The first-order valence-corrected chi connectivity index (χ1v) is 9.70. The molecule has 2 aromatic rings. The molecule has 1 N–H and O–H groups in total. The summed E-state index contributed by atoms with van der Waals surface area (Å²) in [5.41, 5.74) is 1.03. The Bertz CT molecular complexity index is 748. The third kappa shape index (κ3) is 5.80. The summed E-state index contributed by atoms with van der Waals surface area (Å²) < 4.78 is 0. The van der Waals surface area contributed by atoms with E-state index in [-0.39, 0.29) is 29.5 Å². The number of carbonyl (C=O) groups excluding carboxylic acids is 1. The van der Waals surface area contributed by atoms with E-state index in [2.05, 4.69) is 0 Å². The van der Waals surface area contributed by atoms with Gasteiger partial charge in [-0.2, -0.15) is 0 Å². The summed E-state index contributed by atoms with van der Waals surface area (Å²) in [6.45, 7) is 4.10. The maximum absolute atomic E-state index is 13.1. The van der Waals surface area contributed by atoms with Crippen molar-refractivity contribution >= 4 is 23.4 Å². The van der Waals surface area contributed by atoms with Crippen LogP contribution in [0.3, 0.4) is 0 Å². The molecule has 2 aromatic carbocycles. The molecule has 0 heterocycles. The zero-order valence-electron chi connectivity index (χ0n) is 15.4. The fourth-order valence-corrected chi connectivity index (χ4v) is 3.69. The van der Waals surface area contributed by atoms with E-state index in [1.54, 1.807) is 17.0 Å². The van der Waals surface area contributed by atoms with E-state index in [1.165, 1.54) is 23.9 Å². The van der Waals surface area contributed by atoms with E-state index >= 15 is 0 Å². The predicted molar refractivity (Wildman–Crippen MR) is 107 cm³/mol. The van der Waals surface area contributed by atoms with Gasteiger partial charge in [-0.3, -0.25) is 14.9 Å². The van der Waals surface area contributed by atoms with Crippen molar-refractivity contribution < 1.29 is 14.8 Å². The van der Waals surface area contributed by atoms with Gasteiger partial charge in [0.1, 0.15) is 0 Å². The van der Waals surface area contributed by atoms with E-state index in [1.807, 2.05) is 44.2 Å². The number of nitro groups is 1. The zero-order chi connectivity index (χ0) is 19.8. The van der Waals surface area contributed by atoms with Crippen molar-refractivity contribution in [3.05, 3.63) is 70.3 Å². The molecule has 0 radical (unpaired) electrons. The lowest BCUT2D eigenvalue weighted by atomic mass is 10.1. The Morgan fingerprint density at radius 3 is 2.33 bits per heavy atom. The Kier molecular flexibility index (Phi) is 7.82. The Balaban J connectivity index is 2.13. The molecule has 0 saturated carbocycles. The minimum absolute atomic E-state index is 0.0235. The largest absolute Gasteiger partial charge is 0.394 e. The number of rotatable bonds is 9. The van der Waals surface area contributed by atoms with Gasteiger partial charge in [-0.05, 0) is 31.0 Å². The molecule has 0 aliphatic rings. The highest BCUT2D eigenvalue weighted by atomic mass is 32.2. The van der Waals surface area contributed by atoms with Crippen LogP contribution >= 0.6 is 11.8 Å². The minimum Gasteiger partial charge on any atom is -0.394 e. The zero-order valence-corrected chi connectivity index (χ0v) is 16.3. The van der Waals surface area contributed by atoms with Gasteiger partial charge in [0.2, 0.25) is 5.91 Å². The van der Waals surface area contributed by atoms with Gasteiger partial charge in [0, 0.05) is 23.6 Å². The monoisotopic (exact) mass is 388 g/mol. The van der Waals surface area contributed by atoms with Crippen LogP contribution in [0, 0.1) is 10.1 Å². The van der Waals surface area contributed by atoms with Gasteiger partial charge in [0.15, 0.2) is 0 Å². The first-order valence-electron chi connectivity index (χ1n) is 8.82. The van der Waals surface area contributed by atoms with Crippen molar-refractivity contribution in [1.82, 2.24) is 4.90 Å². The van der Waals surface area contributed by atoms with Crippen LogP contribution in [0.1, 0.15) is 25.8 Å². The summed E-state index contributed by atoms with van der Waals surface area (Å²) in [4.78, 5) is 25.9. The number of aliphatic hydroxyl groups excluding tert-OH is 1. The molecule has 0 unspecified atom stereocenters. The summed E-state index contributed by atoms with van der Waals surface area (Å²) in [5.74, 6) is -0.0666. The lowest BCUT2D eigenvalue weighted by Gasteiger charge is -2.32. The van der Waals surface area contributed by atoms with E-state index in [0.717, 1.165) is 10.5 Å². The minimum atomic E-state index is -0.447. The number of amides is 1. The number of thioether (sulfide) groups is 1. The molecule has 0 bridgehead atoms. The van der Waals surface area contributed by atoms with E-state index < -0.39 is 4.92 Å². The van der Waals surface area contributed by atoms with Crippen LogP contribution in [0.5, 0.6) is 0 Å². The fraction of sp³-hybridized carbons (Fsp3) is 0.350. The summed E-state index contributed by atoms with van der Waals surface area (Å²) >= 11 is 1.35. The van der Waals surface area contributed by atoms with Crippen molar-refractivity contribution in [2.45, 2.75) is 43.0 Å². The molecule has 0 spiro atoms. The Labute approximate surface area is 163 Å². The number of nitrogens with zero attached hydrogens (tertiary/aromatic N) is 2. The molecule has 144 valence electrons. The number of carbonyl (C=O) groups is 1. The number of benzene rings is 2. The standard InChI is InChI=1S/C20H24N2O4S/c1-3-17(14-23)21(13-16-7-5-4-6-8-16)20(24)15(2)27-19-11-9-18(10-12-19)22(25)26/h4-12,15,17,23H,3,13-14H2,1-2H3/t15-,17+/m1/s1. The highest BCUT2D eigenvalue weighted by Crippen LogP contribution is 2.27. The molecule has 2 rings (SSSR count). The molecule has 0 aliphatic heterocycles. The molecule has 0 aromatic heterocycles. The van der Waals surface area contributed by atoms with Gasteiger partial charge < -0.3 is 10.0 Å². The van der Waals surface area contributed by atoms with Gasteiger partial charge in [0.05, 0.1) is 22.8 Å². The maximum Gasteiger partial charge on any atom is 0.269 e. The van der Waals surface area contributed by atoms with Crippen molar-refractivity contribution in [1.29, 1.82) is 0 Å². The molecule has 0 saturated heterocycles. The van der Waals surface area contributed by atoms with Crippen LogP contribution in [0.15, 0.2) is 59.5 Å². The Hall–Kier alpha value is -2.38. The third-order valence-corrected chi connectivity index (χ3v) is 5.41. The SMILES string of the molecule is CC[C@@H](CO)N(Cc1ccccc1)C(=O)[C@@H](C)Sc1ccc([N+](=O)[O-])cc1. The van der Waals surface area contributed by atoms with E-state index in [0.29, 0.717) is 13.0 Å². The quantitative estimate of drug-likeness (QED) is 0.400. The first-order chi connectivity index (χ1) is 13.0. The maximum atomic E-state index is 13.1. The van der Waals surface area contributed by atoms with Gasteiger partial charge in [-0.15, -0.1) is 11.8 Å². The van der Waals surface area contributed by atoms with Crippen LogP contribution < -0.4 is 0 Å². The van der Waals surface area contributed by atoms with Crippen molar-refractivity contribution in [2.24, 2.45) is 0 Å². The molecule has 27 heavy (non-hydrogen) atoms. The highest BCUT2D eigenvalue weighted by Gasteiger charge is 2.27. The number of hydrogen-bond donors (Lipinski definition) is 1. The number of nitro benzene ring substituents is 1. The molecule has 0 fully saturated rings. The lowest BCUT2D eigenvalue weighted by molar-refractivity contribution is -0.384. The average molecular weight is 388 g/mol. The first kappa shape index (κ1) is 20.9. The normalized spacial score (nSPS) is 13.0. The molecule has 1 amide bonds. The molecule has 6 nitrogen and oxygen atoms in total. The fourth-order valence-electron chi connectivity index (χ4n) is 2.75. The summed E-state index contributed by atoms with van der Waals surface area (Å²) in [6, 6.07) is 15.6. The topological polar surface area (TPSA) is 83.7 Å². The Morgan fingerprint density at radius 1 is 1.19 bits per heavy atom. The molecule has 0 aliphatic carbocycles. The summed E-state index contributed by atoms with van der Waals surface area (Å²) in [7, 11) is 0. The average Bonchev–Trinajstić information content (AvgIpc) is 2.68. The third-order valence-electron chi connectivity index (χ3n) is 4.31. The van der Waals surface area contributed by atoms with E-state index in [4.69, 9.17) is 0 Å². The molecular weight excluding hydrogens is 364 g/mol. The Morgan fingerprint density at radius 2 is 1.81 bits per heavy atom. The number of aliphatic hydroxyl groups is 1. The second kappa shape index (κ2) is 10.1. The predicted octanol–water partition coefficient (Wildman–Crippen LogP) is 3.88. The summed E-state index contributed by atoms with van der Waals surface area (Å²) in [5, 5.41) is 20.1. The number of non-ortho nitro benzene ring substituents is 1. The highest BCUT2D eigenvalue weighted by molar-refractivity contribution is 8.00. The van der Waals surface area contributed by atoms with E-state index in [9.17, 15) is 20.0 Å². The van der Waals surface area contributed by atoms with Gasteiger partial charge in [-0.25, -0.2) is 0 Å². The molecule has 2 atom stereocenters. The summed E-state index contributed by atoms with van der Waals surface area (Å²) in [6.07, 6.45) is 0.657. The van der Waals surface area contributed by atoms with Crippen molar-refractivity contribution in [2.75, 3.05) is 6.61 Å². The second-order valence-corrected chi connectivity index (χ2v) is 7.62. The van der Waals surface area contributed by atoms with Gasteiger partial charge in [0.25, 0.3) is 5.69 Å². The second-order valence-electron chi connectivity index (χ2n) is 6.21. The van der Waals surface area contributed by atoms with Crippen LogP contribution in [0.4, 0.5) is 5.69 Å². The lowest BCUT2D eigenvalue weighted by Crippen LogP contribution is -2.45. The number of hydrogen-bond acceptors (Lipinski definition) is 5. The van der Waals surface area contributed by atoms with Crippen LogP contribution in [-0.4, -0.2) is 38.7 Å². The smallest absolute Gasteiger partial charge is 0.269 e. The van der Waals surface area contributed by atoms with Gasteiger partial charge in [-0.1, -0.05) is 37.3 Å². The van der Waals surface area contributed by atoms with Crippen LogP contribution in [0.25, 0.3) is 0 Å². The van der Waals surface area contributed by atoms with Crippen molar-refractivity contribution in [3.8, 4) is 0 Å². The molecular formula is C20H24N2O4S.